The molecule has 0 atom stereocenters. The smallest absolute Gasteiger partial charge is 0.162 e. The molecule has 0 fully saturated rings. The van der Waals surface area contributed by atoms with Crippen LogP contribution in [0.2, 0.25) is 0 Å². The summed E-state index contributed by atoms with van der Waals surface area (Å²) in [7, 11) is 2.10. The van der Waals surface area contributed by atoms with E-state index in [0.29, 0.717) is 5.82 Å². The maximum atomic E-state index is 4.94. The molecule has 25 aromatic rings. The van der Waals surface area contributed by atoms with Crippen LogP contribution < -0.4 is 0 Å². The van der Waals surface area contributed by atoms with Crippen LogP contribution in [0.4, 0.5) is 0 Å². The fourth-order valence-corrected chi connectivity index (χ4v) is 21.4. The minimum Gasteiger partial charge on any atom is -0.327 e. The van der Waals surface area contributed by atoms with Gasteiger partial charge in [-0.15, -0.1) is 0 Å². The maximum absolute atomic E-state index is 4.94. The molecule has 126 heavy (non-hydrogen) atoms. The lowest BCUT2D eigenvalue weighted by Gasteiger charge is -2.14. The molecule has 6 nitrogen and oxygen atoms in total. The quantitative estimate of drug-likeness (QED) is 0.149. The van der Waals surface area contributed by atoms with Gasteiger partial charge in [0.05, 0.1) is 16.6 Å². The van der Waals surface area contributed by atoms with Crippen molar-refractivity contribution in [3.63, 3.8) is 0 Å². The Hall–Kier alpha value is -16.7. The van der Waals surface area contributed by atoms with E-state index in [-0.39, 0.29) is 0 Å². The molecule has 0 saturated heterocycles. The zero-order valence-corrected chi connectivity index (χ0v) is 68.5. The molecule has 3 heterocycles. The van der Waals surface area contributed by atoms with Crippen molar-refractivity contribution in [1.82, 2.24) is 29.5 Å². The summed E-state index contributed by atoms with van der Waals surface area (Å²) in [5.41, 5.74) is 33.6. The van der Waals surface area contributed by atoms with Crippen LogP contribution in [0.1, 0.15) is 0 Å². The Morgan fingerprint density at radius 1 is 0.206 bits per heavy atom. The summed E-state index contributed by atoms with van der Waals surface area (Å²) in [6, 6.07) is 146. The van der Waals surface area contributed by atoms with Crippen LogP contribution in [0.3, 0.4) is 0 Å². The number of pyridine rings is 1. The number of fused-ring (bicyclic) bond motifs is 25. The van der Waals surface area contributed by atoms with Crippen LogP contribution >= 0.6 is 0 Å². The van der Waals surface area contributed by atoms with E-state index in [0.717, 1.165) is 38.9 Å². The summed E-state index contributed by atoms with van der Waals surface area (Å²) in [6.45, 7) is 0. The molecule has 22 aromatic carbocycles. The molecule has 3 aliphatic rings. The Morgan fingerprint density at radius 2 is 0.587 bits per heavy atom. The van der Waals surface area contributed by atoms with E-state index < -0.39 is 0 Å². The molecule has 0 radical (unpaired) electrons. The number of para-hydroxylation sites is 2. The van der Waals surface area contributed by atoms with Gasteiger partial charge in [0.1, 0.15) is 18.5 Å². The summed E-state index contributed by atoms with van der Waals surface area (Å²) < 4.78 is 2.18. The number of aromatic nitrogens is 6. The van der Waals surface area contributed by atoms with Crippen molar-refractivity contribution in [3.8, 4) is 145 Å². The lowest BCUT2D eigenvalue weighted by atomic mass is 9.90. The van der Waals surface area contributed by atoms with Gasteiger partial charge in [-0.25, -0.2) is 19.9 Å². The first kappa shape index (κ1) is 71.1. The van der Waals surface area contributed by atoms with Gasteiger partial charge in [-0.2, -0.15) is 0 Å². The number of imidazole rings is 1. The molecular weight excluding hydrogens is 1530 g/mol. The highest BCUT2D eigenvalue weighted by molar-refractivity contribution is 6.34. The number of hydrogen-bond donors (Lipinski definition) is 0. The molecule has 0 saturated carbocycles. The van der Waals surface area contributed by atoms with Crippen molar-refractivity contribution in [1.29, 1.82) is 0 Å². The van der Waals surface area contributed by atoms with Crippen molar-refractivity contribution < 1.29 is 0 Å². The van der Waals surface area contributed by atoms with Crippen molar-refractivity contribution in [2.75, 3.05) is 0 Å². The molecule has 6 heteroatoms. The summed E-state index contributed by atoms with van der Waals surface area (Å²) in [4.78, 5) is 22.4. The fraction of sp³-hybridized carbons (Fsp3) is 0.00833. The van der Waals surface area contributed by atoms with E-state index in [1.54, 1.807) is 0 Å². The van der Waals surface area contributed by atoms with Gasteiger partial charge in [-0.1, -0.05) is 352 Å². The normalized spacial score (nSPS) is 12.0. The maximum Gasteiger partial charge on any atom is 0.162 e. The average molecular weight is 1600 g/mol. The molecule has 0 unspecified atom stereocenters. The summed E-state index contributed by atoms with van der Waals surface area (Å²) in [5, 5.41) is 27.1. The Bertz CT molecular complexity index is 8860. The van der Waals surface area contributed by atoms with Crippen molar-refractivity contribution in [2.45, 2.75) is 0 Å². The van der Waals surface area contributed by atoms with Gasteiger partial charge in [0.2, 0.25) is 0 Å². The van der Waals surface area contributed by atoms with Gasteiger partial charge in [0, 0.05) is 35.3 Å². The number of aryl methyl sites for hydroxylation is 1. The van der Waals surface area contributed by atoms with Crippen molar-refractivity contribution in [3.05, 3.63) is 419 Å². The third-order valence-corrected chi connectivity index (χ3v) is 27.0. The first-order chi connectivity index (χ1) is 62.4. The fourth-order valence-electron chi connectivity index (χ4n) is 21.4. The van der Waals surface area contributed by atoms with E-state index in [9.17, 15) is 0 Å². The Balaban J connectivity index is 0.000000102. The molecule has 0 spiro atoms. The molecule has 0 bridgehead atoms. The minimum atomic E-state index is 0.685. The highest BCUT2D eigenvalue weighted by Gasteiger charge is 2.32. The topological polar surface area (TPSA) is 69.4 Å². The highest BCUT2D eigenvalue weighted by Crippen LogP contribution is 2.59. The van der Waals surface area contributed by atoms with Crippen molar-refractivity contribution >= 4 is 130 Å². The van der Waals surface area contributed by atoms with E-state index >= 15 is 0 Å². The van der Waals surface area contributed by atoms with Crippen LogP contribution in [0.15, 0.2) is 419 Å². The SMILES string of the molecule is Cn1c(-c2cccc(-c3ccc4c5c(cccc35)-c3c-4ccc4ccccc34)c2)nc2ccccc21.c1cc2c3c(ccc(-c4ccc5cc(-c6ccc7cc(-c8ncncn8)ccc7c6)ccc5c4)c3c1)-c1c-2c2ccccc2c2ccccc12.c1ccc(-c2ccc(-c3ccc4c5c(cccc35)-c3c-4c4ccccc4c4ccccc34)c3ncccc23)cc1. The van der Waals surface area contributed by atoms with Gasteiger partial charge < -0.3 is 4.57 Å². The van der Waals surface area contributed by atoms with E-state index in [1.807, 2.05) is 18.3 Å². The largest absolute Gasteiger partial charge is 0.327 e. The zero-order valence-electron chi connectivity index (χ0n) is 68.5. The minimum absolute atomic E-state index is 0.685. The lowest BCUT2D eigenvalue weighted by molar-refractivity contribution is 0.959. The predicted molar refractivity (Wildman–Crippen MR) is 529 cm³/mol. The van der Waals surface area contributed by atoms with Gasteiger partial charge in [-0.3, -0.25) is 4.98 Å². The molecule has 3 aromatic heterocycles. The first-order valence-electron chi connectivity index (χ1n) is 43.2. The zero-order chi connectivity index (χ0) is 82.8. The summed E-state index contributed by atoms with van der Waals surface area (Å²) in [5.74, 6) is 1.67. The monoisotopic (exact) mass is 1600 g/mol. The second-order valence-corrected chi connectivity index (χ2v) is 33.6. The Kier molecular flexibility index (Phi) is 15.9. The van der Waals surface area contributed by atoms with Crippen LogP contribution in [0.5, 0.6) is 0 Å². The first-order valence-corrected chi connectivity index (χ1v) is 43.2. The number of hydrogen-bond acceptors (Lipinski definition) is 5. The van der Waals surface area contributed by atoms with Gasteiger partial charge in [0.15, 0.2) is 5.82 Å². The van der Waals surface area contributed by atoms with Crippen LogP contribution in [-0.2, 0) is 7.05 Å². The molecular formula is C120H72N6. The van der Waals surface area contributed by atoms with Crippen LogP contribution in [-0.4, -0.2) is 29.5 Å². The number of benzene rings is 22. The van der Waals surface area contributed by atoms with Crippen molar-refractivity contribution in [2.24, 2.45) is 7.05 Å². The predicted octanol–water partition coefficient (Wildman–Crippen LogP) is 31.8. The molecule has 0 aliphatic heterocycles. The summed E-state index contributed by atoms with van der Waals surface area (Å²) >= 11 is 0. The number of nitrogens with zero attached hydrogens (tertiary/aromatic N) is 6. The van der Waals surface area contributed by atoms with Crippen LogP contribution in [0.25, 0.3) is 275 Å². The second-order valence-electron chi connectivity index (χ2n) is 33.6. The average Bonchev–Trinajstić information content (AvgIpc) is 1.56. The second kappa shape index (κ2) is 28.2. The van der Waals surface area contributed by atoms with Crippen LogP contribution in [0, 0.1) is 0 Å². The number of rotatable bonds is 7. The van der Waals surface area contributed by atoms with Gasteiger partial charge in [-0.05, 0) is 273 Å². The molecule has 3 aliphatic carbocycles. The Labute approximate surface area is 725 Å². The van der Waals surface area contributed by atoms with E-state index in [1.165, 1.54) is 243 Å². The molecule has 28 rings (SSSR count). The van der Waals surface area contributed by atoms with Gasteiger partial charge in [0.25, 0.3) is 0 Å². The van der Waals surface area contributed by atoms with Gasteiger partial charge >= 0.3 is 0 Å². The van der Waals surface area contributed by atoms with E-state index in [4.69, 9.17) is 9.97 Å². The molecule has 0 N–H and O–H groups in total. The standard InChI is InChI=1S/C47H27N3.C39H23N.C34H22N2/c1-3-8-40-37(6-1)38-7-2-4-9-41(38)46-43-21-20-36(39-10-5-11-42(44(39)43)45(40)46)34-18-16-30-22-28(12-14-32(30)24-34)29-13-15-33-25-35(19-17-31(33)23-29)47-49-26-48-27-50-47;1-2-10-24(11-3-1)25-19-21-33(39-32(25)18-9-23-40-39)28-20-22-35-36-29(28)16-8-17-34(36)37-30-14-6-4-12-26(30)27-13-5-7-15-31(27)38(35)37;1-36-31-15-5-4-14-30(31)35-34(36)23-10-6-9-22(20-23)24-18-19-28-27-17-16-21-8-2-3-11-25(21)32(27)29-13-7-12-26(24)33(28)29/h1-27H;1-23H;2-20H,1H3. The highest BCUT2D eigenvalue weighted by atomic mass is 15.1. The third-order valence-electron chi connectivity index (χ3n) is 27.0. The Morgan fingerprint density at radius 3 is 1.17 bits per heavy atom. The molecule has 0 amide bonds. The van der Waals surface area contributed by atoms with E-state index in [2.05, 4.69) is 415 Å². The third kappa shape index (κ3) is 10.9. The molecule has 582 valence electrons. The lowest BCUT2D eigenvalue weighted by Crippen LogP contribution is -1.93. The summed E-state index contributed by atoms with van der Waals surface area (Å²) in [6.07, 6.45) is 4.98.